The van der Waals surface area contributed by atoms with Crippen LogP contribution >= 0.6 is 18.8 Å². The molecule has 158 valence electrons. The first-order valence-corrected chi connectivity index (χ1v) is 13.6. The van der Waals surface area contributed by atoms with Gasteiger partial charge in [0.1, 0.15) is 0 Å². The van der Waals surface area contributed by atoms with Gasteiger partial charge in [0.2, 0.25) is 0 Å². The molecular formula is C23H28N3O2PS. The molecule has 1 saturated heterocycles. The predicted molar refractivity (Wildman–Crippen MR) is 130 cm³/mol. The summed E-state index contributed by atoms with van der Waals surface area (Å²) in [5.74, 6) is -0.188. The summed E-state index contributed by atoms with van der Waals surface area (Å²) in [6, 6.07) is 17.3. The monoisotopic (exact) mass is 441 g/mol. The summed E-state index contributed by atoms with van der Waals surface area (Å²) >= 11 is 1.65. The van der Waals surface area contributed by atoms with Crippen molar-refractivity contribution >= 4 is 36.1 Å². The number of hydrogen-bond acceptors (Lipinski definition) is 5. The van der Waals surface area contributed by atoms with Crippen molar-refractivity contribution in [1.82, 2.24) is 4.90 Å². The van der Waals surface area contributed by atoms with Crippen molar-refractivity contribution in [2.24, 2.45) is 0 Å². The number of nitrogens with zero attached hydrogens (tertiary/aromatic N) is 1. The molecule has 7 heteroatoms. The van der Waals surface area contributed by atoms with Gasteiger partial charge in [0.25, 0.3) is 0 Å². The van der Waals surface area contributed by atoms with E-state index in [0.29, 0.717) is 16.9 Å². The number of carbonyl (C=O) groups is 1. The summed E-state index contributed by atoms with van der Waals surface area (Å²) in [4.78, 5) is 27.1. The van der Waals surface area contributed by atoms with E-state index in [2.05, 4.69) is 17.3 Å². The number of rotatable bonds is 5. The number of nitrogens with one attached hydrogen (secondary N) is 1. The molecule has 1 aliphatic rings. The van der Waals surface area contributed by atoms with Gasteiger partial charge in [-0.05, 0) is 5.38 Å². The fourth-order valence-electron chi connectivity index (χ4n) is 3.82. The van der Waals surface area contributed by atoms with E-state index in [4.69, 9.17) is 5.73 Å². The van der Waals surface area contributed by atoms with Crippen molar-refractivity contribution in [3.8, 4) is 10.4 Å². The zero-order valence-corrected chi connectivity index (χ0v) is 18.9. The molecule has 4 N–H and O–H groups in total. The van der Waals surface area contributed by atoms with E-state index in [1.54, 1.807) is 11.3 Å². The zero-order chi connectivity index (χ0) is 21.1. The Morgan fingerprint density at radius 1 is 1.17 bits per heavy atom. The average Bonchev–Trinajstić information content (AvgIpc) is 3.27. The molecular weight excluding hydrogens is 413 g/mol. The zero-order valence-electron chi connectivity index (χ0n) is 17.1. The fraction of sp³-hybridized carbons (Fsp3) is 0.261. The predicted octanol–water partition coefficient (Wildman–Crippen LogP) is 4.35. The molecule has 0 radical (unpaired) electrons. The quantitative estimate of drug-likeness (QED) is 0.406. The van der Waals surface area contributed by atoms with Crippen LogP contribution in [0, 0.1) is 0 Å². The molecule has 0 atom stereocenters. The van der Waals surface area contributed by atoms with Gasteiger partial charge in [-0.2, -0.15) is 0 Å². The van der Waals surface area contributed by atoms with Crippen molar-refractivity contribution in [1.29, 1.82) is 0 Å². The number of nitrogen functional groups attached to an aromatic ring is 1. The molecule has 2 heterocycles. The molecule has 0 bridgehead atoms. The molecule has 1 aromatic heterocycles. The molecule has 2 aromatic carbocycles. The van der Waals surface area contributed by atoms with Gasteiger partial charge >= 0.3 is 170 Å². The third kappa shape index (κ3) is 4.90. The summed E-state index contributed by atoms with van der Waals surface area (Å²) < 4.78 is 0. The molecule has 0 saturated carbocycles. The van der Waals surface area contributed by atoms with Crippen LogP contribution < -0.4 is 11.1 Å². The Kier molecular flexibility index (Phi) is 6.21. The van der Waals surface area contributed by atoms with Crippen molar-refractivity contribution < 1.29 is 9.69 Å². The van der Waals surface area contributed by atoms with Gasteiger partial charge in [-0.25, -0.2) is 0 Å². The first kappa shape index (κ1) is 21.0. The number of amides is 1. The summed E-state index contributed by atoms with van der Waals surface area (Å²) in [5, 5.41) is 4.96. The van der Waals surface area contributed by atoms with Crippen molar-refractivity contribution in [3.63, 3.8) is 0 Å². The van der Waals surface area contributed by atoms with E-state index in [1.165, 1.54) is 0 Å². The molecule has 0 spiro atoms. The Balaban J connectivity index is 1.44. The number of carbonyl (C=O) groups excluding carboxylic acids is 1. The van der Waals surface area contributed by atoms with E-state index in [0.717, 1.165) is 47.6 Å². The van der Waals surface area contributed by atoms with Crippen molar-refractivity contribution in [2.45, 2.75) is 6.16 Å². The number of hydrogen-bond donors (Lipinski definition) is 3. The van der Waals surface area contributed by atoms with Crippen molar-refractivity contribution in [2.75, 3.05) is 43.5 Å². The Morgan fingerprint density at radius 3 is 2.57 bits per heavy atom. The molecule has 1 amide bonds. The minimum atomic E-state index is -2.22. The summed E-state index contributed by atoms with van der Waals surface area (Å²) in [7, 11) is -0.121. The van der Waals surface area contributed by atoms with Crippen LogP contribution in [0.2, 0.25) is 0 Å². The van der Waals surface area contributed by atoms with Gasteiger partial charge in [-0.1, -0.05) is 6.07 Å². The Hall–Kier alpha value is -2.24. The van der Waals surface area contributed by atoms with E-state index in [-0.39, 0.29) is 5.91 Å². The summed E-state index contributed by atoms with van der Waals surface area (Å²) in [6.07, 6.45) is 2.57. The Bertz CT molecular complexity index is 1010. The van der Waals surface area contributed by atoms with Crippen LogP contribution in [0.15, 0.2) is 60.0 Å². The number of anilines is 2. The molecule has 5 nitrogen and oxygen atoms in total. The molecule has 30 heavy (non-hydrogen) atoms. The van der Waals surface area contributed by atoms with Gasteiger partial charge in [-0.3, -0.25) is 0 Å². The molecule has 1 aliphatic heterocycles. The number of benzene rings is 2. The second kappa shape index (κ2) is 8.86. The summed E-state index contributed by atoms with van der Waals surface area (Å²) in [6.45, 7) is 1.93. The molecule has 4 rings (SSSR count). The molecule has 0 aliphatic carbocycles. The fourth-order valence-corrected chi connectivity index (χ4v) is 7.74. The normalized spacial score (nSPS) is 17.4. The van der Waals surface area contributed by atoms with E-state index >= 15 is 0 Å². The standard InChI is InChI=1S/C23H28N3O2PS/c1-26-10-12-29(28,13-11-26)16-17-4-6-18(7-5-17)23(27)25-21-15-19(8-9-20(21)24)22-3-2-14-30-22/h2-9,14-15,28-29H,10-13,16,24H2,1H3,(H,25,27). The first-order chi connectivity index (χ1) is 14.4. The van der Waals surface area contributed by atoms with Gasteiger partial charge < -0.3 is 0 Å². The van der Waals surface area contributed by atoms with Crippen molar-refractivity contribution in [3.05, 3.63) is 71.1 Å². The van der Waals surface area contributed by atoms with E-state index in [1.807, 2.05) is 60.0 Å². The maximum absolute atomic E-state index is 12.8. The van der Waals surface area contributed by atoms with Gasteiger partial charge in [-0.15, -0.1) is 0 Å². The first-order valence-electron chi connectivity index (χ1n) is 10.2. The average molecular weight is 442 g/mol. The number of nitrogens with two attached hydrogens (primary N) is 1. The third-order valence-corrected chi connectivity index (χ3v) is 10.1. The Labute approximate surface area is 182 Å². The van der Waals surface area contributed by atoms with Crippen LogP contribution in [0.25, 0.3) is 10.4 Å². The summed E-state index contributed by atoms with van der Waals surface area (Å²) in [5.41, 5.74) is 9.95. The number of thiophene rings is 1. The van der Waals surface area contributed by atoms with Crippen LogP contribution in [0.3, 0.4) is 0 Å². The second-order valence-corrected chi connectivity index (χ2v) is 12.9. The van der Waals surface area contributed by atoms with Gasteiger partial charge in [0, 0.05) is 0 Å². The molecule has 0 unspecified atom stereocenters. The molecule has 1 fully saturated rings. The van der Waals surface area contributed by atoms with Crippen LogP contribution in [0.5, 0.6) is 0 Å². The van der Waals surface area contributed by atoms with Gasteiger partial charge in [0.15, 0.2) is 0 Å². The topological polar surface area (TPSA) is 78.6 Å². The van der Waals surface area contributed by atoms with Crippen LogP contribution in [-0.4, -0.2) is 48.2 Å². The van der Waals surface area contributed by atoms with E-state index in [9.17, 15) is 9.69 Å². The third-order valence-electron chi connectivity index (χ3n) is 5.77. The SMILES string of the molecule is CN1CC[PH](O)(Cc2ccc(C(=O)Nc3cc(-c4cccs4)ccc3N)cc2)CC1. The minimum absolute atomic E-state index is 0.188. The van der Waals surface area contributed by atoms with Crippen LogP contribution in [0.1, 0.15) is 15.9 Å². The van der Waals surface area contributed by atoms with Crippen LogP contribution in [-0.2, 0) is 6.16 Å². The van der Waals surface area contributed by atoms with Gasteiger partial charge in [0.05, 0.1) is 0 Å². The molecule has 3 aromatic rings. The van der Waals surface area contributed by atoms with Crippen LogP contribution in [0.4, 0.5) is 11.4 Å². The second-order valence-electron chi connectivity index (χ2n) is 8.13. The maximum atomic E-state index is 12.8. The Morgan fingerprint density at radius 2 is 1.90 bits per heavy atom. The van der Waals surface area contributed by atoms with E-state index < -0.39 is 7.49 Å².